The SMILES string of the molecule is O=C(O)/C(=C/c1c(OCc2ccc(Br)cc2)ccc2ccccc12)Sc1n[nH]c(-c2ccc(Cl)cc2)n1. The van der Waals surface area contributed by atoms with Gasteiger partial charge in [0, 0.05) is 20.6 Å². The number of rotatable bonds is 8. The van der Waals surface area contributed by atoms with E-state index in [2.05, 4.69) is 31.1 Å². The standard InChI is InChI=1S/C28H19BrClN3O3S/c29-20-10-5-17(6-11-20)16-36-24-14-9-18-3-1-2-4-22(18)23(24)15-25(27(34)35)37-28-31-26(32-33-28)19-7-12-21(30)13-8-19/h1-15H,16H2,(H,34,35)(H,31,32,33)/b25-15-. The first-order valence-corrected chi connectivity index (χ1v) is 13.2. The van der Waals surface area contributed by atoms with Gasteiger partial charge in [0.2, 0.25) is 5.16 Å². The van der Waals surface area contributed by atoms with Crippen LogP contribution in [0.1, 0.15) is 11.1 Å². The van der Waals surface area contributed by atoms with Gasteiger partial charge in [-0.3, -0.25) is 5.10 Å². The molecule has 0 saturated heterocycles. The fraction of sp³-hybridized carbons (Fsp3) is 0.0357. The van der Waals surface area contributed by atoms with Crippen LogP contribution in [-0.4, -0.2) is 26.3 Å². The third-order valence-electron chi connectivity index (χ3n) is 5.51. The third-order valence-corrected chi connectivity index (χ3v) is 7.17. The lowest BCUT2D eigenvalue weighted by molar-refractivity contribution is -0.131. The first-order valence-electron chi connectivity index (χ1n) is 11.2. The van der Waals surface area contributed by atoms with Crippen LogP contribution in [0.25, 0.3) is 28.2 Å². The first-order chi connectivity index (χ1) is 18.0. The van der Waals surface area contributed by atoms with E-state index >= 15 is 0 Å². The Balaban J connectivity index is 1.48. The van der Waals surface area contributed by atoms with Crippen LogP contribution in [0.3, 0.4) is 0 Å². The normalized spacial score (nSPS) is 11.6. The number of fused-ring (bicyclic) bond motifs is 1. The molecule has 0 radical (unpaired) electrons. The Labute approximate surface area is 230 Å². The third kappa shape index (κ3) is 6.05. The number of aromatic nitrogens is 3. The van der Waals surface area contributed by atoms with Gasteiger partial charge in [0.1, 0.15) is 17.3 Å². The molecule has 9 heteroatoms. The highest BCUT2D eigenvalue weighted by Crippen LogP contribution is 2.35. The van der Waals surface area contributed by atoms with Gasteiger partial charge in [-0.05, 0) is 76.6 Å². The first kappa shape index (κ1) is 25.1. The lowest BCUT2D eigenvalue weighted by atomic mass is 10.0. The van der Waals surface area contributed by atoms with Crippen molar-refractivity contribution in [1.82, 2.24) is 15.2 Å². The second-order valence-corrected chi connectivity index (χ2v) is 10.4. The summed E-state index contributed by atoms with van der Waals surface area (Å²) in [6.07, 6.45) is 1.62. The summed E-state index contributed by atoms with van der Waals surface area (Å²) in [6, 6.07) is 26.6. The molecule has 1 aromatic heterocycles. The van der Waals surface area contributed by atoms with Gasteiger partial charge < -0.3 is 9.84 Å². The van der Waals surface area contributed by atoms with Crippen molar-refractivity contribution >= 4 is 62.1 Å². The van der Waals surface area contributed by atoms with Crippen molar-refractivity contribution in [3.8, 4) is 17.1 Å². The van der Waals surface area contributed by atoms with Crippen LogP contribution >= 0.6 is 39.3 Å². The highest BCUT2D eigenvalue weighted by atomic mass is 79.9. The van der Waals surface area contributed by atoms with E-state index in [9.17, 15) is 9.90 Å². The maximum atomic E-state index is 12.3. The van der Waals surface area contributed by atoms with E-state index in [1.54, 1.807) is 18.2 Å². The summed E-state index contributed by atoms with van der Waals surface area (Å²) < 4.78 is 7.15. The molecule has 0 atom stereocenters. The van der Waals surface area contributed by atoms with Crippen LogP contribution in [0.4, 0.5) is 0 Å². The van der Waals surface area contributed by atoms with Gasteiger partial charge in [-0.2, -0.15) is 0 Å². The van der Waals surface area contributed by atoms with Crippen LogP contribution in [-0.2, 0) is 11.4 Å². The number of nitrogens with one attached hydrogen (secondary N) is 1. The molecule has 0 saturated carbocycles. The summed E-state index contributed by atoms with van der Waals surface area (Å²) in [6.45, 7) is 0.341. The van der Waals surface area contributed by atoms with E-state index in [0.717, 1.165) is 38.1 Å². The predicted molar refractivity (Wildman–Crippen MR) is 151 cm³/mol. The lowest BCUT2D eigenvalue weighted by Gasteiger charge is -2.13. The number of carboxylic acids is 1. The zero-order valence-electron chi connectivity index (χ0n) is 19.2. The Morgan fingerprint density at radius 1 is 1.03 bits per heavy atom. The van der Waals surface area contributed by atoms with Gasteiger partial charge in [-0.1, -0.05) is 70.0 Å². The summed E-state index contributed by atoms with van der Waals surface area (Å²) in [5, 5.41) is 19.9. The number of halogens is 2. The molecule has 0 aliphatic heterocycles. The Hall–Kier alpha value is -3.59. The molecule has 184 valence electrons. The average Bonchev–Trinajstić information content (AvgIpc) is 3.37. The molecule has 0 aliphatic rings. The quantitative estimate of drug-likeness (QED) is 0.141. The molecule has 0 amide bonds. The number of nitrogens with zero attached hydrogens (tertiary/aromatic N) is 2. The van der Waals surface area contributed by atoms with Gasteiger partial charge in [0.25, 0.3) is 0 Å². The second-order valence-electron chi connectivity index (χ2n) is 8.00. The number of H-pyrrole nitrogens is 1. The smallest absolute Gasteiger partial charge is 0.342 e. The van der Waals surface area contributed by atoms with Crippen LogP contribution in [0, 0.1) is 0 Å². The Morgan fingerprint density at radius 2 is 1.78 bits per heavy atom. The van der Waals surface area contributed by atoms with E-state index in [-0.39, 0.29) is 10.1 Å². The van der Waals surface area contributed by atoms with E-state index < -0.39 is 5.97 Å². The van der Waals surface area contributed by atoms with Crippen molar-refractivity contribution in [2.75, 3.05) is 0 Å². The van der Waals surface area contributed by atoms with Gasteiger partial charge in [0.05, 0.1) is 0 Å². The maximum Gasteiger partial charge on any atom is 0.342 e. The summed E-state index contributed by atoms with van der Waals surface area (Å²) in [5.41, 5.74) is 2.46. The largest absolute Gasteiger partial charge is 0.488 e. The fourth-order valence-electron chi connectivity index (χ4n) is 3.69. The van der Waals surface area contributed by atoms with Gasteiger partial charge in [0.15, 0.2) is 5.82 Å². The van der Waals surface area contributed by atoms with Gasteiger partial charge in [-0.25, -0.2) is 9.78 Å². The van der Waals surface area contributed by atoms with Gasteiger partial charge in [-0.15, -0.1) is 5.10 Å². The molecule has 5 aromatic rings. The van der Waals surface area contributed by atoms with E-state index in [4.69, 9.17) is 16.3 Å². The predicted octanol–water partition coefficient (Wildman–Crippen LogP) is 7.84. The zero-order valence-corrected chi connectivity index (χ0v) is 22.3. The number of aliphatic carboxylic acids is 1. The van der Waals surface area contributed by atoms with E-state index in [1.165, 1.54) is 0 Å². The van der Waals surface area contributed by atoms with E-state index in [0.29, 0.717) is 28.8 Å². The molecular weight excluding hydrogens is 574 g/mol. The van der Waals surface area contributed by atoms with Crippen molar-refractivity contribution < 1.29 is 14.6 Å². The minimum atomic E-state index is -1.09. The molecule has 5 rings (SSSR count). The molecule has 0 bridgehead atoms. The molecule has 4 aromatic carbocycles. The molecule has 37 heavy (non-hydrogen) atoms. The van der Waals surface area contributed by atoms with Crippen molar-refractivity contribution in [2.24, 2.45) is 0 Å². The summed E-state index contributed by atoms with van der Waals surface area (Å²) in [4.78, 5) is 16.8. The van der Waals surface area contributed by atoms with Crippen molar-refractivity contribution in [3.05, 3.63) is 110 Å². The van der Waals surface area contributed by atoms with Crippen molar-refractivity contribution in [3.63, 3.8) is 0 Å². The number of ether oxygens (including phenoxy) is 1. The Bertz CT molecular complexity index is 1600. The molecule has 1 heterocycles. The van der Waals surface area contributed by atoms with E-state index in [1.807, 2.05) is 72.8 Å². The molecule has 2 N–H and O–H groups in total. The molecule has 0 aliphatic carbocycles. The molecular formula is C28H19BrClN3O3S. The lowest BCUT2D eigenvalue weighted by Crippen LogP contribution is -2.00. The number of carboxylic acid groups (broad SMARTS) is 1. The minimum absolute atomic E-state index is 0.0616. The molecule has 0 fully saturated rings. The van der Waals surface area contributed by atoms with Crippen LogP contribution < -0.4 is 4.74 Å². The highest BCUT2D eigenvalue weighted by Gasteiger charge is 2.17. The number of thioether (sulfide) groups is 1. The zero-order chi connectivity index (χ0) is 25.8. The monoisotopic (exact) mass is 591 g/mol. The number of carbonyl (C=O) groups is 1. The van der Waals surface area contributed by atoms with Crippen LogP contribution in [0.5, 0.6) is 5.75 Å². The van der Waals surface area contributed by atoms with Crippen LogP contribution in [0.2, 0.25) is 5.02 Å². The minimum Gasteiger partial charge on any atom is -0.488 e. The number of hydrogen-bond donors (Lipinski definition) is 2. The summed E-state index contributed by atoms with van der Waals surface area (Å²) in [5.74, 6) is 0.0139. The number of benzene rings is 4. The molecule has 0 spiro atoms. The summed E-state index contributed by atoms with van der Waals surface area (Å²) >= 11 is 10.4. The second kappa shape index (κ2) is 11.2. The topological polar surface area (TPSA) is 88.1 Å². The number of hydrogen-bond acceptors (Lipinski definition) is 5. The fourth-order valence-corrected chi connectivity index (χ4v) is 4.76. The van der Waals surface area contributed by atoms with Crippen molar-refractivity contribution in [2.45, 2.75) is 11.8 Å². The van der Waals surface area contributed by atoms with Gasteiger partial charge >= 0.3 is 5.97 Å². The van der Waals surface area contributed by atoms with Crippen LogP contribution in [0.15, 0.2) is 99.5 Å². The summed E-state index contributed by atoms with van der Waals surface area (Å²) in [7, 11) is 0. The maximum absolute atomic E-state index is 12.3. The Morgan fingerprint density at radius 3 is 2.54 bits per heavy atom. The molecule has 0 unspecified atom stereocenters. The molecule has 6 nitrogen and oxygen atoms in total. The van der Waals surface area contributed by atoms with Crippen molar-refractivity contribution in [1.29, 1.82) is 0 Å². The highest BCUT2D eigenvalue weighted by molar-refractivity contribution is 9.10. The average molecular weight is 593 g/mol. The number of aromatic amines is 1. The Kier molecular flexibility index (Phi) is 7.60.